The second-order valence-electron chi connectivity index (χ2n) is 8.80. The molecule has 186 valence electrons. The fourth-order valence-electron chi connectivity index (χ4n) is 4.12. The Kier molecular flexibility index (Phi) is 8.73. The number of rotatable bonds is 11. The second-order valence-corrected chi connectivity index (χ2v) is 8.80. The van der Waals surface area contributed by atoms with Crippen molar-refractivity contribution in [2.24, 2.45) is 0 Å². The summed E-state index contributed by atoms with van der Waals surface area (Å²) in [7, 11) is 0. The summed E-state index contributed by atoms with van der Waals surface area (Å²) in [6.07, 6.45) is 1.50. The zero-order valence-electron chi connectivity index (χ0n) is 20.4. The highest BCUT2D eigenvalue weighted by Crippen LogP contribution is 2.23. The number of carbonyl (C=O) groups is 4. The van der Waals surface area contributed by atoms with E-state index in [0.717, 1.165) is 11.3 Å². The lowest BCUT2D eigenvalue weighted by Crippen LogP contribution is -2.50. The monoisotopic (exact) mass is 481 g/mol. The van der Waals surface area contributed by atoms with Gasteiger partial charge in [0, 0.05) is 25.6 Å². The van der Waals surface area contributed by atoms with Crippen LogP contribution in [0.4, 0.5) is 4.39 Å². The zero-order valence-corrected chi connectivity index (χ0v) is 20.4. The predicted molar refractivity (Wildman–Crippen MR) is 130 cm³/mol. The van der Waals surface area contributed by atoms with Crippen molar-refractivity contribution in [3.05, 3.63) is 71.0 Å². The maximum Gasteiger partial charge on any atom is 0.261 e. The van der Waals surface area contributed by atoms with Gasteiger partial charge in [-0.1, -0.05) is 38.1 Å². The molecule has 35 heavy (non-hydrogen) atoms. The maximum absolute atomic E-state index is 13.4. The van der Waals surface area contributed by atoms with Crippen LogP contribution in [0, 0.1) is 5.82 Å². The number of imide groups is 1. The average Bonchev–Trinajstić information content (AvgIpc) is 3.09. The van der Waals surface area contributed by atoms with Gasteiger partial charge in [-0.3, -0.25) is 24.1 Å². The number of hydrogen-bond donors (Lipinski definition) is 1. The fourth-order valence-corrected chi connectivity index (χ4v) is 4.12. The van der Waals surface area contributed by atoms with Gasteiger partial charge in [0.05, 0.1) is 11.1 Å². The minimum Gasteiger partial charge on any atom is -0.352 e. The minimum atomic E-state index is -0.694. The van der Waals surface area contributed by atoms with E-state index in [4.69, 9.17) is 0 Å². The fraction of sp³-hybridized carbons (Fsp3) is 0.407. The van der Waals surface area contributed by atoms with Crippen molar-refractivity contribution in [3.8, 4) is 0 Å². The average molecular weight is 482 g/mol. The molecule has 0 aliphatic carbocycles. The highest BCUT2D eigenvalue weighted by Gasteiger charge is 2.35. The lowest BCUT2D eigenvalue weighted by Gasteiger charge is -2.31. The van der Waals surface area contributed by atoms with Crippen molar-refractivity contribution in [2.45, 2.75) is 65.1 Å². The normalized spacial score (nSPS) is 14.5. The minimum absolute atomic E-state index is 0.0341. The molecule has 0 spiro atoms. The van der Waals surface area contributed by atoms with Crippen LogP contribution in [0.25, 0.3) is 0 Å². The van der Waals surface area contributed by atoms with Gasteiger partial charge in [0.15, 0.2) is 0 Å². The molecule has 4 amide bonds. The number of hydrogen-bond acceptors (Lipinski definition) is 4. The standard InChI is InChI=1S/C27H32FN3O4/c1-4-18(3)29-25(33)23(5-2)31(17-19-12-14-20(28)15-13-19)24(32)11-8-16-30-26(34)21-9-6-7-10-22(21)27(30)35/h6-7,9-10,12-15,18,23H,4-5,8,11,16-17H2,1-3H3,(H,29,33)/t18-,23-/m0/s1. The highest BCUT2D eigenvalue weighted by molar-refractivity contribution is 6.21. The predicted octanol–water partition coefficient (Wildman–Crippen LogP) is 3.92. The number of amides is 4. The van der Waals surface area contributed by atoms with Crippen LogP contribution in [-0.4, -0.2) is 52.1 Å². The van der Waals surface area contributed by atoms with E-state index in [2.05, 4.69) is 5.32 Å². The molecule has 1 N–H and O–H groups in total. The molecule has 1 heterocycles. The number of nitrogens with zero attached hydrogens (tertiary/aromatic N) is 2. The lowest BCUT2D eigenvalue weighted by molar-refractivity contribution is -0.141. The highest BCUT2D eigenvalue weighted by atomic mass is 19.1. The SMILES string of the molecule is CC[C@H](C)NC(=O)[C@H](CC)N(Cc1ccc(F)cc1)C(=O)CCCN1C(=O)c2ccccc2C1=O. The molecule has 0 fully saturated rings. The molecule has 3 rings (SSSR count). The van der Waals surface area contributed by atoms with Crippen molar-refractivity contribution in [3.63, 3.8) is 0 Å². The summed E-state index contributed by atoms with van der Waals surface area (Å²) >= 11 is 0. The summed E-state index contributed by atoms with van der Waals surface area (Å²) in [4.78, 5) is 54.1. The summed E-state index contributed by atoms with van der Waals surface area (Å²) in [5.74, 6) is -1.61. The number of carbonyl (C=O) groups excluding carboxylic acids is 4. The summed E-state index contributed by atoms with van der Waals surface area (Å²) in [6.45, 7) is 5.97. The Labute approximate surface area is 205 Å². The first-order valence-corrected chi connectivity index (χ1v) is 12.1. The van der Waals surface area contributed by atoms with Crippen LogP contribution in [0.1, 0.15) is 72.7 Å². The Balaban J connectivity index is 1.71. The van der Waals surface area contributed by atoms with E-state index in [1.807, 2.05) is 20.8 Å². The Morgan fingerprint density at radius 1 is 0.971 bits per heavy atom. The molecule has 0 saturated heterocycles. The summed E-state index contributed by atoms with van der Waals surface area (Å²) in [6, 6.07) is 11.7. The van der Waals surface area contributed by atoms with Crippen molar-refractivity contribution < 1.29 is 23.6 Å². The lowest BCUT2D eigenvalue weighted by atomic mass is 10.1. The van der Waals surface area contributed by atoms with Gasteiger partial charge in [0.1, 0.15) is 11.9 Å². The topological polar surface area (TPSA) is 86.8 Å². The van der Waals surface area contributed by atoms with E-state index < -0.39 is 6.04 Å². The van der Waals surface area contributed by atoms with Crippen LogP contribution in [0.3, 0.4) is 0 Å². The zero-order chi connectivity index (χ0) is 25.5. The largest absolute Gasteiger partial charge is 0.352 e. The third-order valence-electron chi connectivity index (χ3n) is 6.30. The molecule has 1 aliphatic heterocycles. The van der Waals surface area contributed by atoms with Gasteiger partial charge < -0.3 is 10.2 Å². The van der Waals surface area contributed by atoms with E-state index in [0.29, 0.717) is 23.1 Å². The van der Waals surface area contributed by atoms with Gasteiger partial charge >= 0.3 is 0 Å². The van der Waals surface area contributed by atoms with Gasteiger partial charge in [0.25, 0.3) is 11.8 Å². The molecule has 0 radical (unpaired) electrons. The van der Waals surface area contributed by atoms with E-state index in [-0.39, 0.29) is 61.4 Å². The van der Waals surface area contributed by atoms with Crippen LogP contribution >= 0.6 is 0 Å². The molecule has 0 unspecified atom stereocenters. The van der Waals surface area contributed by atoms with Gasteiger partial charge in [-0.05, 0) is 56.0 Å². The molecule has 2 aromatic carbocycles. The third kappa shape index (κ3) is 6.12. The first kappa shape index (κ1) is 26.1. The number of halogens is 1. The molecule has 2 atom stereocenters. The first-order chi connectivity index (χ1) is 16.8. The van der Waals surface area contributed by atoms with Crippen molar-refractivity contribution in [1.82, 2.24) is 15.1 Å². The van der Waals surface area contributed by atoms with Crippen molar-refractivity contribution in [2.75, 3.05) is 6.54 Å². The molecular weight excluding hydrogens is 449 g/mol. The summed E-state index contributed by atoms with van der Waals surface area (Å²) < 4.78 is 13.4. The van der Waals surface area contributed by atoms with Crippen LogP contribution < -0.4 is 5.32 Å². The van der Waals surface area contributed by atoms with Crippen LogP contribution in [0.2, 0.25) is 0 Å². The molecule has 0 bridgehead atoms. The van der Waals surface area contributed by atoms with Crippen molar-refractivity contribution >= 4 is 23.6 Å². The van der Waals surface area contributed by atoms with Crippen LogP contribution in [0.15, 0.2) is 48.5 Å². The van der Waals surface area contributed by atoms with Crippen LogP contribution in [0.5, 0.6) is 0 Å². The van der Waals surface area contributed by atoms with Gasteiger partial charge in [0.2, 0.25) is 11.8 Å². The second kappa shape index (κ2) is 11.7. The molecule has 0 aromatic heterocycles. The van der Waals surface area contributed by atoms with Crippen molar-refractivity contribution in [1.29, 1.82) is 0 Å². The van der Waals surface area contributed by atoms with Gasteiger partial charge in [-0.15, -0.1) is 0 Å². The Morgan fingerprint density at radius 3 is 2.11 bits per heavy atom. The van der Waals surface area contributed by atoms with Crippen LogP contribution in [-0.2, 0) is 16.1 Å². The Bertz CT molecular complexity index is 1050. The maximum atomic E-state index is 13.4. The van der Waals surface area contributed by atoms with Gasteiger partial charge in [-0.2, -0.15) is 0 Å². The molecule has 1 aliphatic rings. The van der Waals surface area contributed by atoms with E-state index in [9.17, 15) is 23.6 Å². The Hall–Kier alpha value is -3.55. The molecule has 0 saturated carbocycles. The quantitative estimate of drug-likeness (QED) is 0.493. The summed E-state index contributed by atoms with van der Waals surface area (Å²) in [5.41, 5.74) is 1.44. The molecular formula is C27H32FN3O4. The van der Waals surface area contributed by atoms with E-state index >= 15 is 0 Å². The first-order valence-electron chi connectivity index (χ1n) is 12.1. The molecule has 8 heteroatoms. The number of fused-ring (bicyclic) bond motifs is 1. The third-order valence-corrected chi connectivity index (χ3v) is 6.30. The molecule has 7 nitrogen and oxygen atoms in total. The van der Waals surface area contributed by atoms with Gasteiger partial charge in [-0.25, -0.2) is 4.39 Å². The summed E-state index contributed by atoms with van der Waals surface area (Å²) in [5, 5.41) is 2.94. The van der Waals surface area contributed by atoms with E-state index in [1.54, 1.807) is 36.4 Å². The Morgan fingerprint density at radius 2 is 1.57 bits per heavy atom. The smallest absolute Gasteiger partial charge is 0.261 e. The molecule has 2 aromatic rings. The number of nitrogens with one attached hydrogen (secondary N) is 1. The number of benzene rings is 2. The van der Waals surface area contributed by atoms with E-state index in [1.165, 1.54) is 17.0 Å².